The first-order chi connectivity index (χ1) is 5.70. The van der Waals surface area contributed by atoms with Crippen LogP contribution in [0, 0.1) is 0 Å². The van der Waals surface area contributed by atoms with Crippen LogP contribution in [-0.4, -0.2) is 5.11 Å². The molecule has 0 aromatic heterocycles. The van der Waals surface area contributed by atoms with Crippen molar-refractivity contribution in [1.82, 2.24) is 5.32 Å². The Morgan fingerprint density at radius 2 is 2.00 bits per heavy atom. The van der Waals surface area contributed by atoms with Gasteiger partial charge in [-0.1, -0.05) is 30.3 Å². The van der Waals surface area contributed by atoms with Gasteiger partial charge in [-0.2, -0.15) is 0 Å². The predicted octanol–water partition coefficient (Wildman–Crippen LogP) is 1.58. The standard InChI is InChI=1S/C9H12N2S/c1-7(11-9(10)12)8-5-3-2-4-6-8/h2-7H,1H3,(H3,10,11,12). The number of nitrogens with one attached hydrogen (secondary N) is 1. The SMILES string of the molecule is CC(NC(N)=S)c1ccccc1. The highest BCUT2D eigenvalue weighted by atomic mass is 32.1. The van der Waals surface area contributed by atoms with E-state index >= 15 is 0 Å². The maximum Gasteiger partial charge on any atom is 0.164 e. The second-order valence-corrected chi connectivity index (χ2v) is 3.08. The van der Waals surface area contributed by atoms with Gasteiger partial charge in [0.2, 0.25) is 0 Å². The van der Waals surface area contributed by atoms with E-state index < -0.39 is 0 Å². The predicted molar refractivity (Wildman–Crippen MR) is 54.8 cm³/mol. The fourth-order valence-corrected chi connectivity index (χ4v) is 1.22. The number of hydrogen-bond donors (Lipinski definition) is 2. The molecule has 3 heteroatoms. The van der Waals surface area contributed by atoms with Crippen molar-refractivity contribution in [3.05, 3.63) is 35.9 Å². The lowest BCUT2D eigenvalue weighted by Crippen LogP contribution is -2.31. The molecule has 0 saturated heterocycles. The first-order valence-corrected chi connectivity index (χ1v) is 4.22. The molecule has 1 atom stereocenters. The molecule has 0 aliphatic heterocycles. The lowest BCUT2D eigenvalue weighted by atomic mass is 10.1. The van der Waals surface area contributed by atoms with Gasteiger partial charge in [0.05, 0.1) is 6.04 Å². The Morgan fingerprint density at radius 1 is 1.42 bits per heavy atom. The topological polar surface area (TPSA) is 38.0 Å². The lowest BCUT2D eigenvalue weighted by Gasteiger charge is -2.13. The summed E-state index contributed by atoms with van der Waals surface area (Å²) in [6.07, 6.45) is 0. The van der Waals surface area contributed by atoms with Crippen LogP contribution >= 0.6 is 12.2 Å². The van der Waals surface area contributed by atoms with Crippen LogP contribution in [0.2, 0.25) is 0 Å². The monoisotopic (exact) mass is 180 g/mol. The van der Waals surface area contributed by atoms with Crippen LogP contribution in [0.4, 0.5) is 0 Å². The van der Waals surface area contributed by atoms with Gasteiger partial charge >= 0.3 is 0 Å². The van der Waals surface area contributed by atoms with Gasteiger partial charge in [0.1, 0.15) is 0 Å². The average molecular weight is 180 g/mol. The Bertz CT molecular complexity index is 258. The molecule has 1 aromatic rings. The highest BCUT2D eigenvalue weighted by molar-refractivity contribution is 7.80. The molecule has 0 spiro atoms. The first kappa shape index (κ1) is 9.00. The maximum absolute atomic E-state index is 5.35. The van der Waals surface area contributed by atoms with Crippen LogP contribution in [0.3, 0.4) is 0 Å². The fourth-order valence-electron chi connectivity index (χ4n) is 1.04. The van der Waals surface area contributed by atoms with E-state index in [1.807, 2.05) is 37.3 Å². The van der Waals surface area contributed by atoms with Crippen molar-refractivity contribution in [2.75, 3.05) is 0 Å². The van der Waals surface area contributed by atoms with E-state index in [2.05, 4.69) is 5.32 Å². The van der Waals surface area contributed by atoms with Crippen molar-refractivity contribution in [3.8, 4) is 0 Å². The highest BCUT2D eigenvalue weighted by Gasteiger charge is 2.02. The highest BCUT2D eigenvalue weighted by Crippen LogP contribution is 2.10. The smallest absolute Gasteiger partial charge is 0.164 e. The van der Waals surface area contributed by atoms with Crippen LogP contribution in [0.15, 0.2) is 30.3 Å². The molecule has 0 aliphatic rings. The van der Waals surface area contributed by atoms with Gasteiger partial charge in [0, 0.05) is 0 Å². The molecule has 3 N–H and O–H groups in total. The van der Waals surface area contributed by atoms with Crippen molar-refractivity contribution in [2.24, 2.45) is 5.73 Å². The van der Waals surface area contributed by atoms with Crippen LogP contribution in [0.1, 0.15) is 18.5 Å². The molecule has 0 amide bonds. The number of hydrogen-bond acceptors (Lipinski definition) is 1. The normalized spacial score (nSPS) is 12.1. The summed E-state index contributed by atoms with van der Waals surface area (Å²) < 4.78 is 0. The van der Waals surface area contributed by atoms with E-state index in [0.717, 1.165) is 0 Å². The molecule has 2 nitrogen and oxygen atoms in total. The zero-order valence-corrected chi connectivity index (χ0v) is 7.77. The fraction of sp³-hybridized carbons (Fsp3) is 0.222. The minimum Gasteiger partial charge on any atom is -0.376 e. The molecule has 0 saturated carbocycles. The zero-order valence-electron chi connectivity index (χ0n) is 6.95. The molecule has 0 bridgehead atoms. The van der Waals surface area contributed by atoms with Crippen LogP contribution in [0.5, 0.6) is 0 Å². The van der Waals surface area contributed by atoms with Crippen LogP contribution in [-0.2, 0) is 0 Å². The largest absolute Gasteiger partial charge is 0.376 e. The molecule has 1 aromatic carbocycles. The zero-order chi connectivity index (χ0) is 8.97. The van der Waals surface area contributed by atoms with Gasteiger partial charge in [-0.3, -0.25) is 0 Å². The second kappa shape index (κ2) is 4.07. The van der Waals surface area contributed by atoms with Gasteiger partial charge in [0.15, 0.2) is 5.11 Å². The molecule has 12 heavy (non-hydrogen) atoms. The van der Waals surface area contributed by atoms with Gasteiger partial charge in [0.25, 0.3) is 0 Å². The van der Waals surface area contributed by atoms with Crippen molar-refractivity contribution >= 4 is 17.3 Å². The number of benzene rings is 1. The Kier molecular flexibility index (Phi) is 3.05. The summed E-state index contributed by atoms with van der Waals surface area (Å²) >= 11 is 4.74. The summed E-state index contributed by atoms with van der Waals surface area (Å²) in [4.78, 5) is 0. The van der Waals surface area contributed by atoms with E-state index in [0.29, 0.717) is 5.11 Å². The molecule has 0 fully saturated rings. The third-order valence-electron chi connectivity index (χ3n) is 1.66. The summed E-state index contributed by atoms with van der Waals surface area (Å²) in [5.41, 5.74) is 6.54. The van der Waals surface area contributed by atoms with E-state index in [-0.39, 0.29) is 6.04 Å². The molecule has 1 rings (SSSR count). The molecular weight excluding hydrogens is 168 g/mol. The minimum atomic E-state index is 0.184. The second-order valence-electron chi connectivity index (χ2n) is 2.64. The Balaban J connectivity index is 2.65. The number of rotatable bonds is 2. The quantitative estimate of drug-likeness (QED) is 0.679. The summed E-state index contributed by atoms with van der Waals surface area (Å²) in [5, 5.41) is 3.31. The molecule has 64 valence electrons. The average Bonchev–Trinajstić information content (AvgIpc) is 2.05. The van der Waals surface area contributed by atoms with Crippen molar-refractivity contribution < 1.29 is 0 Å². The van der Waals surface area contributed by atoms with Gasteiger partial charge in [-0.05, 0) is 24.7 Å². The first-order valence-electron chi connectivity index (χ1n) is 3.81. The lowest BCUT2D eigenvalue weighted by molar-refractivity contribution is 0.720. The summed E-state index contributed by atoms with van der Waals surface area (Å²) in [6.45, 7) is 2.02. The van der Waals surface area contributed by atoms with Gasteiger partial charge in [-0.15, -0.1) is 0 Å². The minimum absolute atomic E-state index is 0.184. The molecule has 0 heterocycles. The third kappa shape index (κ3) is 2.51. The Labute approximate surface area is 77.8 Å². The van der Waals surface area contributed by atoms with Gasteiger partial charge < -0.3 is 11.1 Å². The third-order valence-corrected chi connectivity index (χ3v) is 1.78. The summed E-state index contributed by atoms with van der Waals surface area (Å²) in [6, 6.07) is 10.2. The van der Waals surface area contributed by atoms with E-state index in [1.54, 1.807) is 0 Å². The molecular formula is C9H12N2S. The van der Waals surface area contributed by atoms with Crippen LogP contribution in [0.25, 0.3) is 0 Å². The van der Waals surface area contributed by atoms with Crippen molar-refractivity contribution in [2.45, 2.75) is 13.0 Å². The van der Waals surface area contributed by atoms with Crippen molar-refractivity contribution in [3.63, 3.8) is 0 Å². The molecule has 0 radical (unpaired) electrons. The van der Waals surface area contributed by atoms with E-state index in [9.17, 15) is 0 Å². The maximum atomic E-state index is 5.35. The number of thiocarbonyl (C=S) groups is 1. The van der Waals surface area contributed by atoms with Gasteiger partial charge in [-0.25, -0.2) is 0 Å². The summed E-state index contributed by atoms with van der Waals surface area (Å²) in [7, 11) is 0. The van der Waals surface area contributed by atoms with E-state index in [4.69, 9.17) is 18.0 Å². The van der Waals surface area contributed by atoms with Crippen LogP contribution < -0.4 is 11.1 Å². The van der Waals surface area contributed by atoms with E-state index in [1.165, 1.54) is 5.56 Å². The number of nitrogens with two attached hydrogens (primary N) is 1. The Hall–Kier alpha value is -1.09. The summed E-state index contributed by atoms with van der Waals surface area (Å²) in [5.74, 6) is 0. The Morgan fingerprint density at radius 3 is 2.50 bits per heavy atom. The van der Waals surface area contributed by atoms with Crippen molar-refractivity contribution in [1.29, 1.82) is 0 Å². The molecule has 1 unspecified atom stereocenters. The molecule has 0 aliphatic carbocycles.